The molecule has 3 N–H and O–H groups in total. The fourth-order valence-electron chi connectivity index (χ4n) is 4.49. The summed E-state index contributed by atoms with van der Waals surface area (Å²) in [7, 11) is 0. The van der Waals surface area contributed by atoms with E-state index in [1.807, 2.05) is 20.8 Å². The smallest absolute Gasteiger partial charge is 0.253 e. The Kier molecular flexibility index (Phi) is 8.73. The summed E-state index contributed by atoms with van der Waals surface area (Å²) in [5.74, 6) is -0.707. The molecule has 9 heteroatoms. The lowest BCUT2D eigenvalue weighted by Gasteiger charge is -2.23. The molecule has 9 nitrogen and oxygen atoms in total. The van der Waals surface area contributed by atoms with E-state index in [1.54, 1.807) is 55.0 Å². The molecule has 0 saturated carbocycles. The van der Waals surface area contributed by atoms with Crippen molar-refractivity contribution in [2.24, 2.45) is 0 Å². The molecule has 4 rings (SSSR count). The Hall–Kier alpha value is -4.92. The van der Waals surface area contributed by atoms with Crippen LogP contribution in [0.2, 0.25) is 0 Å². The molecule has 0 unspecified atom stereocenters. The molecule has 1 aromatic carbocycles. The van der Waals surface area contributed by atoms with Gasteiger partial charge in [0.15, 0.2) is 0 Å². The van der Waals surface area contributed by atoms with E-state index in [4.69, 9.17) is 0 Å². The quantitative estimate of drug-likeness (QED) is 0.308. The lowest BCUT2D eigenvalue weighted by Crippen LogP contribution is -2.28. The lowest BCUT2D eigenvalue weighted by atomic mass is 9.87. The Morgan fingerprint density at radius 1 is 0.538 bits per heavy atom. The van der Waals surface area contributed by atoms with E-state index in [2.05, 4.69) is 30.9 Å². The Labute approximate surface area is 227 Å². The second-order valence-electron chi connectivity index (χ2n) is 9.08. The van der Waals surface area contributed by atoms with E-state index >= 15 is 0 Å². The van der Waals surface area contributed by atoms with Crippen LogP contribution in [0.3, 0.4) is 0 Å². The zero-order chi connectivity index (χ0) is 27.8. The average Bonchev–Trinajstić information content (AvgIpc) is 2.97. The monoisotopic (exact) mass is 522 g/mol. The predicted molar refractivity (Wildman–Crippen MR) is 147 cm³/mol. The van der Waals surface area contributed by atoms with Crippen molar-refractivity contribution < 1.29 is 14.4 Å². The number of rotatable bonds is 9. The lowest BCUT2D eigenvalue weighted by molar-refractivity contribution is 0.0943. The topological polar surface area (TPSA) is 126 Å². The van der Waals surface area contributed by atoms with Crippen molar-refractivity contribution in [3.05, 3.63) is 124 Å². The summed E-state index contributed by atoms with van der Waals surface area (Å²) >= 11 is 0. The first-order valence-electron chi connectivity index (χ1n) is 12.5. The van der Waals surface area contributed by atoms with Crippen molar-refractivity contribution >= 4 is 17.7 Å². The maximum Gasteiger partial charge on any atom is 0.253 e. The predicted octanol–water partition coefficient (Wildman–Crippen LogP) is 3.59. The Morgan fingerprint density at radius 2 is 0.821 bits per heavy atom. The average molecular weight is 523 g/mol. The highest BCUT2D eigenvalue weighted by Crippen LogP contribution is 2.28. The van der Waals surface area contributed by atoms with Gasteiger partial charge in [0.25, 0.3) is 17.7 Å². The second kappa shape index (κ2) is 12.6. The number of amides is 3. The Bertz CT molecular complexity index is 1270. The third kappa shape index (κ3) is 6.51. The number of hydrogen-bond donors (Lipinski definition) is 3. The van der Waals surface area contributed by atoms with Gasteiger partial charge in [-0.2, -0.15) is 0 Å². The normalized spacial score (nSPS) is 10.5. The molecule has 0 bridgehead atoms. The molecule has 3 amide bonds. The number of nitrogens with zero attached hydrogens (tertiary/aromatic N) is 3. The minimum Gasteiger partial charge on any atom is -0.348 e. The molecule has 0 atom stereocenters. The maximum absolute atomic E-state index is 12.7. The molecule has 39 heavy (non-hydrogen) atoms. The number of nitrogens with one attached hydrogen (secondary N) is 3. The van der Waals surface area contributed by atoms with Crippen molar-refractivity contribution in [3.63, 3.8) is 0 Å². The summed E-state index contributed by atoms with van der Waals surface area (Å²) in [4.78, 5) is 50.3. The van der Waals surface area contributed by atoms with Crippen molar-refractivity contribution in [1.29, 1.82) is 0 Å². The fraction of sp³-hybridized carbons (Fsp3) is 0.200. The van der Waals surface area contributed by atoms with Crippen LogP contribution >= 0.6 is 0 Å². The van der Waals surface area contributed by atoms with Gasteiger partial charge in [0.2, 0.25) is 0 Å². The molecule has 0 spiro atoms. The summed E-state index contributed by atoms with van der Waals surface area (Å²) in [5, 5.41) is 8.95. The van der Waals surface area contributed by atoms with Crippen LogP contribution in [0.5, 0.6) is 0 Å². The van der Waals surface area contributed by atoms with Crippen LogP contribution in [-0.2, 0) is 19.6 Å². The SMILES string of the molecule is Cc1c(CNC(=O)c2cccnc2)c(C)c(CNC(=O)c2cccnc2)c(C)c1CNC(=O)c1cccnc1. The van der Waals surface area contributed by atoms with Crippen LogP contribution in [0.4, 0.5) is 0 Å². The third-order valence-corrected chi connectivity index (χ3v) is 6.76. The van der Waals surface area contributed by atoms with E-state index in [0.29, 0.717) is 16.7 Å². The van der Waals surface area contributed by atoms with Crippen LogP contribution in [0.25, 0.3) is 0 Å². The molecule has 0 aliphatic rings. The molecule has 0 radical (unpaired) electrons. The van der Waals surface area contributed by atoms with Gasteiger partial charge in [-0.15, -0.1) is 0 Å². The number of aromatic nitrogens is 3. The van der Waals surface area contributed by atoms with Gasteiger partial charge >= 0.3 is 0 Å². The first-order chi connectivity index (χ1) is 18.9. The van der Waals surface area contributed by atoms with E-state index in [1.165, 1.54) is 18.6 Å². The first kappa shape index (κ1) is 27.1. The Morgan fingerprint density at radius 3 is 1.05 bits per heavy atom. The van der Waals surface area contributed by atoms with Crippen LogP contribution in [0.1, 0.15) is 64.5 Å². The molecule has 0 saturated heterocycles. The van der Waals surface area contributed by atoms with Crippen molar-refractivity contribution in [2.75, 3.05) is 0 Å². The largest absolute Gasteiger partial charge is 0.348 e. The van der Waals surface area contributed by atoms with E-state index in [9.17, 15) is 14.4 Å². The molecule has 0 aliphatic carbocycles. The van der Waals surface area contributed by atoms with Gasteiger partial charge in [-0.05, 0) is 90.6 Å². The molecule has 4 aromatic rings. The molecule has 3 aromatic heterocycles. The molecule has 3 heterocycles. The van der Waals surface area contributed by atoms with Gasteiger partial charge < -0.3 is 16.0 Å². The highest BCUT2D eigenvalue weighted by atomic mass is 16.2. The van der Waals surface area contributed by atoms with Gasteiger partial charge in [0.1, 0.15) is 0 Å². The summed E-state index contributed by atoms with van der Waals surface area (Å²) in [6, 6.07) is 10.2. The number of carbonyl (C=O) groups is 3. The number of hydrogen-bond acceptors (Lipinski definition) is 6. The van der Waals surface area contributed by atoms with Gasteiger partial charge in [-0.3, -0.25) is 29.3 Å². The minimum absolute atomic E-state index is 0.236. The van der Waals surface area contributed by atoms with E-state index in [-0.39, 0.29) is 37.4 Å². The molecule has 0 fully saturated rings. The van der Waals surface area contributed by atoms with Gasteiger partial charge in [0.05, 0.1) is 16.7 Å². The van der Waals surface area contributed by atoms with Crippen LogP contribution in [-0.4, -0.2) is 32.7 Å². The number of benzene rings is 1. The first-order valence-corrected chi connectivity index (χ1v) is 12.5. The zero-order valence-electron chi connectivity index (χ0n) is 22.1. The molecular formula is C30H30N6O3. The highest BCUT2D eigenvalue weighted by molar-refractivity contribution is 5.95. The zero-order valence-corrected chi connectivity index (χ0v) is 22.1. The van der Waals surface area contributed by atoms with Gasteiger partial charge in [-0.25, -0.2) is 0 Å². The van der Waals surface area contributed by atoms with Crippen LogP contribution < -0.4 is 16.0 Å². The van der Waals surface area contributed by atoms with E-state index in [0.717, 1.165) is 33.4 Å². The highest BCUT2D eigenvalue weighted by Gasteiger charge is 2.19. The van der Waals surface area contributed by atoms with Crippen molar-refractivity contribution in [3.8, 4) is 0 Å². The van der Waals surface area contributed by atoms with Crippen molar-refractivity contribution in [2.45, 2.75) is 40.4 Å². The summed E-state index contributed by atoms with van der Waals surface area (Å²) < 4.78 is 0. The summed E-state index contributed by atoms with van der Waals surface area (Å²) in [5.41, 5.74) is 7.06. The number of carbonyl (C=O) groups excluding carboxylic acids is 3. The van der Waals surface area contributed by atoms with Crippen LogP contribution in [0.15, 0.2) is 73.6 Å². The molecular weight excluding hydrogens is 492 g/mol. The Balaban J connectivity index is 1.62. The third-order valence-electron chi connectivity index (χ3n) is 6.76. The summed E-state index contributed by atoms with van der Waals surface area (Å²) in [6.07, 6.45) is 9.39. The molecule has 198 valence electrons. The fourth-order valence-corrected chi connectivity index (χ4v) is 4.49. The second-order valence-corrected chi connectivity index (χ2v) is 9.08. The number of pyridine rings is 3. The van der Waals surface area contributed by atoms with Crippen LogP contribution in [0, 0.1) is 20.8 Å². The standard InChI is InChI=1S/C30H30N6O3/c1-19-25(16-34-28(37)22-7-4-10-31-13-22)20(2)27(18-36-30(39)24-9-6-12-33-15-24)21(3)26(19)17-35-29(38)23-8-5-11-32-14-23/h4-15H,16-18H2,1-3H3,(H,34,37)(H,35,38)(H,36,39). The summed E-state index contributed by atoms with van der Waals surface area (Å²) in [6.45, 7) is 6.77. The van der Waals surface area contributed by atoms with Gasteiger partial charge in [-0.1, -0.05) is 0 Å². The van der Waals surface area contributed by atoms with Gasteiger partial charge in [0, 0.05) is 56.8 Å². The van der Waals surface area contributed by atoms with Crippen molar-refractivity contribution in [1.82, 2.24) is 30.9 Å². The minimum atomic E-state index is -0.236. The molecule has 0 aliphatic heterocycles. The van der Waals surface area contributed by atoms with E-state index < -0.39 is 0 Å². The maximum atomic E-state index is 12.7.